The summed E-state index contributed by atoms with van der Waals surface area (Å²) < 4.78 is 0. The number of nitrogens with one attached hydrogen (secondary N) is 1. The molecule has 2 heterocycles. The largest absolute Gasteiger partial charge is 0.389 e. The van der Waals surface area contributed by atoms with Gasteiger partial charge in [0.2, 0.25) is 0 Å². The van der Waals surface area contributed by atoms with Gasteiger partial charge in [0.25, 0.3) is 0 Å². The van der Waals surface area contributed by atoms with E-state index in [1.54, 1.807) is 0 Å². The normalized spacial score (nSPS) is 19.9. The van der Waals surface area contributed by atoms with Crippen molar-refractivity contribution in [1.82, 2.24) is 10.3 Å². The van der Waals surface area contributed by atoms with Crippen LogP contribution in [0.4, 0.5) is 5.82 Å². The van der Waals surface area contributed by atoms with Gasteiger partial charge in [-0.3, -0.25) is 0 Å². The van der Waals surface area contributed by atoms with Crippen molar-refractivity contribution >= 4 is 5.82 Å². The van der Waals surface area contributed by atoms with Gasteiger partial charge in [-0.1, -0.05) is 19.4 Å². The summed E-state index contributed by atoms with van der Waals surface area (Å²) in [6.07, 6.45) is 5.94. The molecule has 1 aliphatic heterocycles. The quantitative estimate of drug-likeness (QED) is 0.837. The van der Waals surface area contributed by atoms with Gasteiger partial charge in [0, 0.05) is 31.9 Å². The molecule has 0 saturated carbocycles. The van der Waals surface area contributed by atoms with Crippen LogP contribution in [0.1, 0.15) is 39.5 Å². The molecule has 1 saturated heterocycles. The highest BCUT2D eigenvalue weighted by Gasteiger charge is 2.24. The van der Waals surface area contributed by atoms with Crippen LogP contribution in [0.3, 0.4) is 0 Å². The van der Waals surface area contributed by atoms with Gasteiger partial charge in [-0.05, 0) is 38.3 Å². The fourth-order valence-electron chi connectivity index (χ4n) is 2.84. The minimum absolute atomic E-state index is 0.512. The van der Waals surface area contributed by atoms with Gasteiger partial charge in [-0.15, -0.1) is 0 Å². The molecule has 4 nitrogen and oxygen atoms in total. The molecule has 112 valence electrons. The molecule has 0 bridgehead atoms. The van der Waals surface area contributed by atoms with Gasteiger partial charge >= 0.3 is 0 Å². The van der Waals surface area contributed by atoms with Crippen molar-refractivity contribution in [3.05, 3.63) is 24.4 Å². The average Bonchev–Trinajstić information content (AvgIpc) is 2.47. The second-order valence-electron chi connectivity index (χ2n) is 6.08. The highest BCUT2D eigenvalue weighted by atomic mass is 16.3. The average molecular weight is 277 g/mol. The Hall–Kier alpha value is -1.13. The first kappa shape index (κ1) is 15.3. The summed E-state index contributed by atoms with van der Waals surface area (Å²) in [4.78, 5) is 6.74. The fraction of sp³-hybridized carbons (Fsp3) is 0.688. The van der Waals surface area contributed by atoms with E-state index in [0.717, 1.165) is 44.6 Å². The standard InChI is InChI=1S/C16H27N3O/c1-3-9-16(2,20)13-18-14-7-11-19(12-8-14)15-6-4-5-10-17-15/h4-6,10,14,18,20H,3,7-9,11-13H2,1-2H3. The highest BCUT2D eigenvalue weighted by Crippen LogP contribution is 2.18. The first-order valence-corrected chi connectivity index (χ1v) is 7.72. The van der Waals surface area contributed by atoms with E-state index < -0.39 is 5.60 Å². The summed E-state index contributed by atoms with van der Waals surface area (Å²) in [5, 5.41) is 13.7. The molecule has 4 heteroatoms. The molecule has 0 aliphatic carbocycles. The zero-order chi connectivity index (χ0) is 14.4. The molecule has 0 radical (unpaired) electrons. The predicted octanol–water partition coefficient (Wildman–Crippen LogP) is 2.19. The lowest BCUT2D eigenvalue weighted by atomic mass is 9.98. The Labute approximate surface area is 122 Å². The second kappa shape index (κ2) is 7.04. The van der Waals surface area contributed by atoms with E-state index in [1.165, 1.54) is 0 Å². The Morgan fingerprint density at radius 2 is 2.15 bits per heavy atom. The van der Waals surface area contributed by atoms with Crippen molar-refractivity contribution in [3.8, 4) is 0 Å². The van der Waals surface area contributed by atoms with E-state index in [9.17, 15) is 5.11 Å². The lowest BCUT2D eigenvalue weighted by Crippen LogP contribution is -2.47. The van der Waals surface area contributed by atoms with Crippen LogP contribution in [0.5, 0.6) is 0 Å². The molecule has 2 rings (SSSR count). The molecule has 0 aromatic carbocycles. The van der Waals surface area contributed by atoms with E-state index in [1.807, 2.05) is 25.3 Å². The Morgan fingerprint density at radius 1 is 1.40 bits per heavy atom. The Morgan fingerprint density at radius 3 is 2.75 bits per heavy atom. The third-order valence-electron chi connectivity index (χ3n) is 4.03. The van der Waals surface area contributed by atoms with Crippen molar-refractivity contribution in [2.24, 2.45) is 0 Å². The number of aliphatic hydroxyl groups is 1. The van der Waals surface area contributed by atoms with Crippen LogP contribution in [-0.4, -0.2) is 41.4 Å². The summed E-state index contributed by atoms with van der Waals surface area (Å²) in [5.41, 5.74) is -0.577. The van der Waals surface area contributed by atoms with Gasteiger partial charge < -0.3 is 15.3 Å². The lowest BCUT2D eigenvalue weighted by molar-refractivity contribution is 0.0462. The van der Waals surface area contributed by atoms with Crippen LogP contribution in [0.25, 0.3) is 0 Å². The molecule has 2 N–H and O–H groups in total. The number of anilines is 1. The van der Waals surface area contributed by atoms with Gasteiger partial charge in [0.1, 0.15) is 5.82 Å². The molecule has 1 fully saturated rings. The summed E-state index contributed by atoms with van der Waals surface area (Å²) in [5.74, 6) is 1.07. The first-order chi connectivity index (χ1) is 9.61. The molecule has 20 heavy (non-hydrogen) atoms. The molecular formula is C16H27N3O. The summed E-state index contributed by atoms with van der Waals surface area (Å²) in [7, 11) is 0. The van der Waals surface area contributed by atoms with Crippen LogP contribution in [0, 0.1) is 0 Å². The first-order valence-electron chi connectivity index (χ1n) is 7.72. The SMILES string of the molecule is CCCC(C)(O)CNC1CCN(c2ccccn2)CC1. The van der Waals surface area contributed by atoms with Crippen LogP contribution < -0.4 is 10.2 Å². The number of piperidine rings is 1. The van der Waals surface area contributed by atoms with E-state index in [0.29, 0.717) is 12.6 Å². The molecule has 1 aromatic rings. The molecule has 1 atom stereocenters. The molecular weight excluding hydrogens is 250 g/mol. The number of pyridine rings is 1. The maximum atomic E-state index is 10.2. The topological polar surface area (TPSA) is 48.4 Å². The molecule has 0 amide bonds. The smallest absolute Gasteiger partial charge is 0.128 e. The lowest BCUT2D eigenvalue weighted by Gasteiger charge is -2.35. The second-order valence-corrected chi connectivity index (χ2v) is 6.08. The fourth-order valence-corrected chi connectivity index (χ4v) is 2.84. The van der Waals surface area contributed by atoms with E-state index in [2.05, 4.69) is 28.2 Å². The Kier molecular flexibility index (Phi) is 5.38. The number of hydrogen-bond acceptors (Lipinski definition) is 4. The maximum Gasteiger partial charge on any atom is 0.128 e. The highest BCUT2D eigenvalue weighted by molar-refractivity contribution is 5.38. The third-order valence-corrected chi connectivity index (χ3v) is 4.03. The number of nitrogens with zero attached hydrogens (tertiary/aromatic N) is 2. The van der Waals surface area contributed by atoms with Crippen molar-refractivity contribution in [2.75, 3.05) is 24.5 Å². The zero-order valence-electron chi connectivity index (χ0n) is 12.7. The summed E-state index contributed by atoms with van der Waals surface area (Å²) in [6, 6.07) is 6.57. The molecule has 1 unspecified atom stereocenters. The van der Waals surface area contributed by atoms with E-state index >= 15 is 0 Å². The summed E-state index contributed by atoms with van der Waals surface area (Å²) in [6.45, 7) is 6.79. The minimum Gasteiger partial charge on any atom is -0.389 e. The van der Waals surface area contributed by atoms with Crippen molar-refractivity contribution in [2.45, 2.75) is 51.2 Å². The monoisotopic (exact) mass is 277 g/mol. The van der Waals surface area contributed by atoms with Crippen LogP contribution >= 0.6 is 0 Å². The summed E-state index contributed by atoms with van der Waals surface area (Å²) >= 11 is 0. The zero-order valence-corrected chi connectivity index (χ0v) is 12.7. The predicted molar refractivity (Wildman–Crippen MR) is 83.0 cm³/mol. The van der Waals surface area contributed by atoms with Crippen LogP contribution in [0.2, 0.25) is 0 Å². The minimum atomic E-state index is -0.577. The number of rotatable bonds is 6. The van der Waals surface area contributed by atoms with Gasteiger partial charge in [-0.2, -0.15) is 0 Å². The van der Waals surface area contributed by atoms with E-state index in [-0.39, 0.29) is 0 Å². The van der Waals surface area contributed by atoms with Crippen molar-refractivity contribution in [3.63, 3.8) is 0 Å². The Balaban J connectivity index is 1.75. The molecule has 0 spiro atoms. The third kappa shape index (κ3) is 4.46. The number of aromatic nitrogens is 1. The van der Waals surface area contributed by atoms with Gasteiger partial charge in [0.15, 0.2) is 0 Å². The van der Waals surface area contributed by atoms with E-state index in [4.69, 9.17) is 0 Å². The molecule has 1 aromatic heterocycles. The Bertz CT molecular complexity index is 386. The van der Waals surface area contributed by atoms with Crippen LogP contribution in [0.15, 0.2) is 24.4 Å². The van der Waals surface area contributed by atoms with Crippen molar-refractivity contribution < 1.29 is 5.11 Å². The van der Waals surface area contributed by atoms with Gasteiger partial charge in [0.05, 0.1) is 5.60 Å². The maximum absolute atomic E-state index is 10.2. The molecule has 1 aliphatic rings. The van der Waals surface area contributed by atoms with Crippen LogP contribution in [-0.2, 0) is 0 Å². The van der Waals surface area contributed by atoms with Gasteiger partial charge in [-0.25, -0.2) is 4.98 Å². The van der Waals surface area contributed by atoms with Crippen molar-refractivity contribution in [1.29, 1.82) is 0 Å². The number of hydrogen-bond donors (Lipinski definition) is 2.